The van der Waals surface area contributed by atoms with Gasteiger partial charge in [0.2, 0.25) is 5.91 Å². The molecule has 10 heteroatoms. The highest BCUT2D eigenvalue weighted by atomic mass is 19.2. The van der Waals surface area contributed by atoms with E-state index in [1.807, 2.05) is 0 Å². The number of pyridine rings is 1. The van der Waals surface area contributed by atoms with Gasteiger partial charge in [-0.25, -0.2) is 18.0 Å². The third-order valence-electron chi connectivity index (χ3n) is 4.99. The first-order valence-corrected chi connectivity index (χ1v) is 8.98. The number of nitriles is 1. The van der Waals surface area contributed by atoms with E-state index in [9.17, 15) is 22.8 Å². The van der Waals surface area contributed by atoms with Gasteiger partial charge in [0.25, 0.3) is 0 Å². The van der Waals surface area contributed by atoms with E-state index in [1.54, 1.807) is 6.07 Å². The number of fused-ring (bicyclic) bond motifs is 1. The van der Waals surface area contributed by atoms with Gasteiger partial charge >= 0.3 is 6.03 Å². The Kier molecular flexibility index (Phi) is 5.39. The van der Waals surface area contributed by atoms with E-state index in [0.717, 1.165) is 17.0 Å². The Hall–Kier alpha value is -3.61. The largest absolute Gasteiger partial charge is 0.346 e. The van der Waals surface area contributed by atoms with Crippen LogP contribution in [0.15, 0.2) is 24.4 Å². The molecule has 0 fully saturated rings. The van der Waals surface area contributed by atoms with Crippen LogP contribution >= 0.6 is 0 Å². The molecule has 1 atom stereocenters. The second-order valence-corrected chi connectivity index (χ2v) is 7.36. The van der Waals surface area contributed by atoms with E-state index in [1.165, 1.54) is 33.0 Å². The minimum atomic E-state index is -1.49. The van der Waals surface area contributed by atoms with Gasteiger partial charge in [0.1, 0.15) is 17.4 Å². The molecule has 30 heavy (non-hydrogen) atoms. The zero-order chi connectivity index (χ0) is 22.2. The van der Waals surface area contributed by atoms with E-state index < -0.39 is 41.0 Å². The molecule has 2 aromatic rings. The molecule has 3 rings (SSSR count). The molecule has 1 aromatic heterocycles. The van der Waals surface area contributed by atoms with Crippen molar-refractivity contribution in [3.63, 3.8) is 0 Å². The second kappa shape index (κ2) is 7.67. The van der Waals surface area contributed by atoms with Gasteiger partial charge in [0.05, 0.1) is 29.5 Å². The lowest BCUT2D eigenvalue weighted by Crippen LogP contribution is -2.59. The maximum Gasteiger partial charge on any atom is 0.323 e. The average Bonchev–Trinajstić information content (AvgIpc) is 2.70. The first-order valence-electron chi connectivity index (χ1n) is 8.98. The first-order chi connectivity index (χ1) is 14.1. The molecule has 2 N–H and O–H groups in total. The van der Waals surface area contributed by atoms with E-state index in [4.69, 9.17) is 5.26 Å². The molecule has 2 heterocycles. The van der Waals surface area contributed by atoms with Crippen molar-refractivity contribution in [2.45, 2.75) is 38.9 Å². The number of nitrogens with zero attached hydrogens (tertiary/aromatic N) is 3. The third kappa shape index (κ3) is 3.66. The van der Waals surface area contributed by atoms with Gasteiger partial charge in [-0.15, -0.1) is 0 Å². The minimum Gasteiger partial charge on any atom is -0.346 e. The van der Waals surface area contributed by atoms with Gasteiger partial charge < -0.3 is 15.5 Å². The fraction of sp³-hybridized carbons (Fsp3) is 0.300. The first kappa shape index (κ1) is 21.1. The normalized spacial score (nSPS) is 14.4. The summed E-state index contributed by atoms with van der Waals surface area (Å²) in [7, 11) is 0. The molecule has 0 saturated heterocycles. The molecular formula is C20H18F3N5O2. The van der Waals surface area contributed by atoms with Gasteiger partial charge in [-0.2, -0.15) is 5.26 Å². The van der Waals surface area contributed by atoms with Crippen molar-refractivity contribution < 1.29 is 22.8 Å². The average molecular weight is 417 g/mol. The third-order valence-corrected chi connectivity index (χ3v) is 4.99. The zero-order valence-corrected chi connectivity index (χ0v) is 16.4. The van der Waals surface area contributed by atoms with E-state index in [2.05, 4.69) is 15.6 Å². The second-order valence-electron chi connectivity index (χ2n) is 7.36. The Morgan fingerprint density at radius 3 is 2.67 bits per heavy atom. The summed E-state index contributed by atoms with van der Waals surface area (Å²) < 4.78 is 42.0. The summed E-state index contributed by atoms with van der Waals surface area (Å²) in [5.74, 6) is -3.59. The minimum absolute atomic E-state index is 0.0352. The van der Waals surface area contributed by atoms with Gasteiger partial charge in [0.15, 0.2) is 11.6 Å². The fourth-order valence-corrected chi connectivity index (χ4v) is 3.12. The van der Waals surface area contributed by atoms with Crippen LogP contribution in [0.25, 0.3) is 0 Å². The standard InChI is InChI=1S/C20H18F3N5O2/c1-10(17-14(22)6-11(7-24)8-25-17)26-18(29)20(2,3)28-9-12-15(27-19(28)30)5-4-13(21)16(12)23/h4-6,8,10H,9H2,1-3H3,(H,26,29)(H,27,30). The van der Waals surface area contributed by atoms with Crippen LogP contribution in [-0.2, 0) is 11.3 Å². The van der Waals surface area contributed by atoms with Crippen LogP contribution in [0.1, 0.15) is 43.6 Å². The van der Waals surface area contributed by atoms with Crippen LogP contribution in [-0.4, -0.2) is 27.4 Å². The molecule has 1 aliphatic heterocycles. The molecule has 156 valence electrons. The van der Waals surface area contributed by atoms with Crippen LogP contribution in [0.4, 0.5) is 23.7 Å². The molecule has 0 radical (unpaired) electrons. The molecule has 0 bridgehead atoms. The lowest BCUT2D eigenvalue weighted by molar-refractivity contribution is -0.131. The quantitative estimate of drug-likeness (QED) is 0.797. The Bertz CT molecular complexity index is 1080. The number of carbonyl (C=O) groups is 2. The number of hydrogen-bond acceptors (Lipinski definition) is 4. The van der Waals surface area contributed by atoms with Crippen molar-refractivity contribution >= 4 is 17.6 Å². The number of amides is 3. The van der Waals surface area contributed by atoms with Crippen LogP contribution in [0, 0.1) is 28.8 Å². The molecule has 1 aromatic carbocycles. The highest BCUT2D eigenvalue weighted by Crippen LogP contribution is 2.31. The number of benzene rings is 1. The van der Waals surface area contributed by atoms with Crippen LogP contribution in [0.2, 0.25) is 0 Å². The Labute approximate surface area is 170 Å². The lowest BCUT2D eigenvalue weighted by Gasteiger charge is -2.40. The summed E-state index contributed by atoms with van der Waals surface area (Å²) in [6.45, 7) is 4.02. The Balaban J connectivity index is 1.82. The number of aromatic nitrogens is 1. The van der Waals surface area contributed by atoms with Gasteiger partial charge in [-0.1, -0.05) is 0 Å². The molecule has 3 amide bonds. The Morgan fingerprint density at radius 1 is 1.33 bits per heavy atom. The number of rotatable bonds is 4. The van der Waals surface area contributed by atoms with E-state index in [-0.39, 0.29) is 29.1 Å². The SMILES string of the molecule is CC(NC(=O)C(C)(C)N1Cc2c(ccc(F)c2F)NC1=O)c1ncc(C#N)cc1F. The topological polar surface area (TPSA) is 98.1 Å². The number of hydrogen-bond donors (Lipinski definition) is 2. The molecule has 7 nitrogen and oxygen atoms in total. The van der Waals surface area contributed by atoms with Crippen LogP contribution in [0.5, 0.6) is 0 Å². The van der Waals surface area contributed by atoms with Crippen molar-refractivity contribution in [1.82, 2.24) is 15.2 Å². The van der Waals surface area contributed by atoms with Crippen molar-refractivity contribution in [3.8, 4) is 6.07 Å². The number of anilines is 1. The lowest BCUT2D eigenvalue weighted by atomic mass is 9.97. The van der Waals surface area contributed by atoms with Crippen LogP contribution in [0.3, 0.4) is 0 Å². The van der Waals surface area contributed by atoms with Crippen molar-refractivity contribution in [2.24, 2.45) is 0 Å². The maximum absolute atomic E-state index is 14.2. The molecule has 1 aliphatic rings. The molecule has 0 spiro atoms. The van der Waals surface area contributed by atoms with E-state index in [0.29, 0.717) is 0 Å². The predicted octanol–water partition coefficient (Wildman–Crippen LogP) is 3.37. The van der Waals surface area contributed by atoms with Crippen molar-refractivity contribution in [3.05, 3.63) is 58.7 Å². The van der Waals surface area contributed by atoms with Gasteiger partial charge in [-0.3, -0.25) is 9.78 Å². The molecular weight excluding hydrogens is 399 g/mol. The number of urea groups is 1. The Morgan fingerprint density at radius 2 is 2.03 bits per heavy atom. The summed E-state index contributed by atoms with van der Waals surface area (Å²) >= 11 is 0. The smallest absolute Gasteiger partial charge is 0.323 e. The summed E-state index contributed by atoms with van der Waals surface area (Å²) in [6, 6.07) is 3.38. The number of halogens is 3. The molecule has 1 unspecified atom stereocenters. The summed E-state index contributed by atoms with van der Waals surface area (Å²) in [6.07, 6.45) is 1.18. The van der Waals surface area contributed by atoms with Gasteiger partial charge in [-0.05, 0) is 39.0 Å². The predicted molar refractivity (Wildman–Crippen MR) is 100 cm³/mol. The number of carbonyl (C=O) groups excluding carboxylic acids is 2. The highest BCUT2D eigenvalue weighted by Gasteiger charge is 2.42. The highest BCUT2D eigenvalue weighted by molar-refractivity contribution is 5.97. The van der Waals surface area contributed by atoms with Crippen LogP contribution < -0.4 is 10.6 Å². The fourth-order valence-electron chi connectivity index (χ4n) is 3.12. The molecule has 0 saturated carbocycles. The van der Waals surface area contributed by atoms with Crippen molar-refractivity contribution in [1.29, 1.82) is 5.26 Å². The maximum atomic E-state index is 14.2. The summed E-state index contributed by atoms with van der Waals surface area (Å²) in [4.78, 5) is 30.3. The zero-order valence-electron chi connectivity index (χ0n) is 16.4. The van der Waals surface area contributed by atoms with Crippen molar-refractivity contribution in [2.75, 3.05) is 5.32 Å². The number of nitrogens with one attached hydrogen (secondary N) is 2. The summed E-state index contributed by atoms with van der Waals surface area (Å²) in [5.41, 5.74) is -1.49. The monoisotopic (exact) mass is 417 g/mol. The van der Waals surface area contributed by atoms with Gasteiger partial charge in [0, 0.05) is 11.8 Å². The summed E-state index contributed by atoms with van der Waals surface area (Å²) in [5, 5.41) is 13.8. The molecule has 0 aliphatic carbocycles. The van der Waals surface area contributed by atoms with E-state index >= 15 is 0 Å².